The average Bonchev–Trinajstić information content (AvgIpc) is 2.41. The minimum Gasteiger partial charge on any atom is -0.493 e. The molecule has 0 unspecified atom stereocenters. The van der Waals surface area contributed by atoms with Crippen LogP contribution in [0.25, 0.3) is 0 Å². The molecule has 0 spiro atoms. The van der Waals surface area contributed by atoms with Gasteiger partial charge in [-0.1, -0.05) is 0 Å². The van der Waals surface area contributed by atoms with E-state index in [0.29, 0.717) is 18.8 Å². The molecule has 110 valence electrons. The molecule has 20 heavy (non-hydrogen) atoms. The Morgan fingerprint density at radius 3 is 2.80 bits per heavy atom. The van der Waals surface area contributed by atoms with Crippen LogP contribution in [0.1, 0.15) is 26.2 Å². The molecule has 2 N–H and O–H groups in total. The summed E-state index contributed by atoms with van der Waals surface area (Å²) in [4.78, 5) is 14.0. The van der Waals surface area contributed by atoms with Crippen molar-refractivity contribution in [2.24, 2.45) is 5.73 Å². The summed E-state index contributed by atoms with van der Waals surface area (Å²) in [6.07, 6.45) is 2.04. The quantitative estimate of drug-likeness (QED) is 0.917. The van der Waals surface area contributed by atoms with Gasteiger partial charge in [0, 0.05) is 18.6 Å². The standard InChI is InChI=1S/C15H21FN2O2/c1-11-10-13(17)6-8-18(11)15(19)7-9-20-14-4-2-12(16)3-5-14/h2-5,11,13H,6-10,17H2,1H3/t11-,13-/m0/s1. The number of nitrogens with two attached hydrogens (primary N) is 1. The molecule has 4 nitrogen and oxygen atoms in total. The van der Waals surface area contributed by atoms with Crippen LogP contribution < -0.4 is 10.5 Å². The molecule has 1 heterocycles. The second kappa shape index (κ2) is 6.70. The van der Waals surface area contributed by atoms with Crippen LogP contribution in [0.4, 0.5) is 4.39 Å². The van der Waals surface area contributed by atoms with E-state index >= 15 is 0 Å². The largest absolute Gasteiger partial charge is 0.493 e. The number of benzene rings is 1. The van der Waals surface area contributed by atoms with Crippen LogP contribution in [0.3, 0.4) is 0 Å². The molecule has 5 heteroatoms. The van der Waals surface area contributed by atoms with Crippen molar-refractivity contribution >= 4 is 5.91 Å². The van der Waals surface area contributed by atoms with Gasteiger partial charge in [-0.15, -0.1) is 0 Å². The molecule has 0 aliphatic carbocycles. The molecule has 1 amide bonds. The molecular weight excluding hydrogens is 259 g/mol. The van der Waals surface area contributed by atoms with Crippen LogP contribution in [0, 0.1) is 5.82 Å². The molecule has 1 fully saturated rings. The maximum Gasteiger partial charge on any atom is 0.226 e. The van der Waals surface area contributed by atoms with Crippen molar-refractivity contribution in [1.82, 2.24) is 4.90 Å². The number of carbonyl (C=O) groups is 1. The average molecular weight is 280 g/mol. The maximum atomic E-state index is 12.7. The lowest BCUT2D eigenvalue weighted by Gasteiger charge is -2.36. The van der Waals surface area contributed by atoms with Crippen molar-refractivity contribution in [3.05, 3.63) is 30.1 Å². The van der Waals surface area contributed by atoms with Crippen molar-refractivity contribution in [1.29, 1.82) is 0 Å². The zero-order chi connectivity index (χ0) is 14.5. The van der Waals surface area contributed by atoms with Crippen LogP contribution in [0.2, 0.25) is 0 Å². The number of ether oxygens (including phenoxy) is 1. The number of halogens is 1. The first-order valence-electron chi connectivity index (χ1n) is 6.99. The summed E-state index contributed by atoms with van der Waals surface area (Å²) in [5.74, 6) is 0.367. The van der Waals surface area contributed by atoms with Gasteiger partial charge in [0.15, 0.2) is 0 Å². The summed E-state index contributed by atoms with van der Waals surface area (Å²) in [6, 6.07) is 6.18. The molecule has 1 aromatic rings. The Bertz CT molecular complexity index is 450. The number of hydrogen-bond donors (Lipinski definition) is 1. The van der Waals surface area contributed by atoms with Crippen molar-refractivity contribution < 1.29 is 13.9 Å². The molecule has 0 bridgehead atoms. The highest BCUT2D eigenvalue weighted by atomic mass is 19.1. The van der Waals surface area contributed by atoms with Crippen molar-refractivity contribution in [2.45, 2.75) is 38.3 Å². The van der Waals surface area contributed by atoms with Crippen LogP contribution in [-0.2, 0) is 4.79 Å². The monoisotopic (exact) mass is 280 g/mol. The number of piperidine rings is 1. The molecule has 1 aliphatic heterocycles. The van der Waals surface area contributed by atoms with Gasteiger partial charge < -0.3 is 15.4 Å². The van der Waals surface area contributed by atoms with Crippen molar-refractivity contribution in [2.75, 3.05) is 13.2 Å². The Balaban J connectivity index is 1.76. The van der Waals surface area contributed by atoms with Gasteiger partial charge in [0.05, 0.1) is 13.0 Å². The highest BCUT2D eigenvalue weighted by molar-refractivity contribution is 5.76. The number of hydrogen-bond acceptors (Lipinski definition) is 3. The summed E-state index contributed by atoms with van der Waals surface area (Å²) in [5, 5.41) is 0. The minimum absolute atomic E-state index is 0.0894. The van der Waals surface area contributed by atoms with E-state index < -0.39 is 0 Å². The van der Waals surface area contributed by atoms with E-state index in [0.717, 1.165) is 19.4 Å². The molecule has 1 saturated heterocycles. The van der Waals surface area contributed by atoms with E-state index in [4.69, 9.17) is 10.5 Å². The smallest absolute Gasteiger partial charge is 0.226 e. The Morgan fingerprint density at radius 2 is 2.15 bits per heavy atom. The maximum absolute atomic E-state index is 12.7. The van der Waals surface area contributed by atoms with Crippen LogP contribution >= 0.6 is 0 Å². The molecule has 2 atom stereocenters. The fourth-order valence-corrected chi connectivity index (χ4v) is 2.51. The van der Waals surface area contributed by atoms with Crippen molar-refractivity contribution in [3.63, 3.8) is 0 Å². The fourth-order valence-electron chi connectivity index (χ4n) is 2.51. The molecular formula is C15H21FN2O2. The van der Waals surface area contributed by atoms with E-state index in [-0.39, 0.29) is 23.8 Å². The lowest BCUT2D eigenvalue weighted by molar-refractivity contribution is -0.135. The first kappa shape index (κ1) is 14.8. The Labute approximate surface area is 118 Å². The lowest BCUT2D eigenvalue weighted by atomic mass is 9.99. The van der Waals surface area contributed by atoms with Gasteiger partial charge in [-0.3, -0.25) is 4.79 Å². The molecule has 1 aliphatic rings. The number of nitrogens with zero attached hydrogens (tertiary/aromatic N) is 1. The first-order valence-corrected chi connectivity index (χ1v) is 6.99. The van der Waals surface area contributed by atoms with Crippen LogP contribution in [-0.4, -0.2) is 36.0 Å². The lowest BCUT2D eigenvalue weighted by Crippen LogP contribution is -2.48. The number of likely N-dealkylation sites (tertiary alicyclic amines) is 1. The molecule has 0 radical (unpaired) electrons. The van der Waals surface area contributed by atoms with Gasteiger partial charge in [-0.05, 0) is 44.0 Å². The zero-order valence-corrected chi connectivity index (χ0v) is 11.7. The molecule has 0 aromatic heterocycles. The van der Waals surface area contributed by atoms with Gasteiger partial charge in [-0.25, -0.2) is 4.39 Å². The van der Waals surface area contributed by atoms with Gasteiger partial charge in [-0.2, -0.15) is 0 Å². The van der Waals surface area contributed by atoms with Gasteiger partial charge in [0.2, 0.25) is 5.91 Å². The van der Waals surface area contributed by atoms with E-state index in [2.05, 4.69) is 0 Å². The normalized spacial score (nSPS) is 22.6. The summed E-state index contributed by atoms with van der Waals surface area (Å²) in [5.41, 5.74) is 5.88. The van der Waals surface area contributed by atoms with Crippen LogP contribution in [0.15, 0.2) is 24.3 Å². The Kier molecular flexibility index (Phi) is 4.95. The Morgan fingerprint density at radius 1 is 1.45 bits per heavy atom. The third-order valence-electron chi connectivity index (χ3n) is 3.64. The SMILES string of the molecule is C[C@H]1C[C@@H](N)CCN1C(=O)CCOc1ccc(F)cc1. The molecule has 2 rings (SSSR count). The second-order valence-corrected chi connectivity index (χ2v) is 5.27. The number of carbonyl (C=O) groups excluding carboxylic acids is 1. The third-order valence-corrected chi connectivity index (χ3v) is 3.64. The first-order chi connectivity index (χ1) is 9.56. The number of rotatable bonds is 4. The topological polar surface area (TPSA) is 55.6 Å². The van der Waals surface area contributed by atoms with Crippen LogP contribution in [0.5, 0.6) is 5.75 Å². The highest BCUT2D eigenvalue weighted by Gasteiger charge is 2.26. The highest BCUT2D eigenvalue weighted by Crippen LogP contribution is 2.17. The predicted molar refractivity (Wildman–Crippen MR) is 74.9 cm³/mol. The van der Waals surface area contributed by atoms with E-state index in [1.165, 1.54) is 12.1 Å². The van der Waals surface area contributed by atoms with Gasteiger partial charge in [0.25, 0.3) is 0 Å². The van der Waals surface area contributed by atoms with Gasteiger partial charge in [0.1, 0.15) is 11.6 Å². The summed E-state index contributed by atoms with van der Waals surface area (Å²) < 4.78 is 18.2. The second-order valence-electron chi connectivity index (χ2n) is 5.27. The summed E-state index contributed by atoms with van der Waals surface area (Å²) in [7, 11) is 0. The minimum atomic E-state index is -0.299. The molecule has 0 saturated carbocycles. The third kappa shape index (κ3) is 3.93. The molecule has 1 aromatic carbocycles. The van der Waals surface area contributed by atoms with Crippen molar-refractivity contribution in [3.8, 4) is 5.75 Å². The zero-order valence-electron chi connectivity index (χ0n) is 11.7. The summed E-state index contributed by atoms with van der Waals surface area (Å²) >= 11 is 0. The Hall–Kier alpha value is -1.62. The fraction of sp³-hybridized carbons (Fsp3) is 0.533. The summed E-state index contributed by atoms with van der Waals surface area (Å²) in [6.45, 7) is 3.05. The van der Waals surface area contributed by atoms with Gasteiger partial charge >= 0.3 is 0 Å². The number of amides is 1. The van der Waals surface area contributed by atoms with E-state index in [1.807, 2.05) is 11.8 Å². The van der Waals surface area contributed by atoms with E-state index in [9.17, 15) is 9.18 Å². The van der Waals surface area contributed by atoms with E-state index in [1.54, 1.807) is 12.1 Å². The predicted octanol–water partition coefficient (Wildman–Crippen LogP) is 1.93.